The molecule has 0 aromatic carbocycles. The first-order chi connectivity index (χ1) is 16.1. The van der Waals surface area contributed by atoms with Gasteiger partial charge in [-0.15, -0.1) is 0 Å². The second-order valence-corrected chi connectivity index (χ2v) is 8.43. The van der Waals surface area contributed by atoms with Gasteiger partial charge in [0, 0.05) is 0 Å². The van der Waals surface area contributed by atoms with Gasteiger partial charge < -0.3 is 30.0 Å². The summed E-state index contributed by atoms with van der Waals surface area (Å²) in [5.74, 6) is 4.71. The molecule has 0 heterocycles. The van der Waals surface area contributed by atoms with Crippen LogP contribution in [0.4, 0.5) is 0 Å². The molecule has 8 nitrogen and oxygen atoms in total. The van der Waals surface area contributed by atoms with Crippen LogP contribution in [-0.4, -0.2) is 58.9 Å². The van der Waals surface area contributed by atoms with Crippen molar-refractivity contribution in [2.75, 3.05) is 37.9 Å². The molecule has 0 amide bonds. The van der Waals surface area contributed by atoms with E-state index in [1.165, 1.54) is 0 Å². The lowest BCUT2D eigenvalue weighted by Gasteiger charge is -2.18. The molecule has 0 aliphatic heterocycles. The normalized spacial score (nSPS) is 16.1. The first-order valence-corrected chi connectivity index (χ1v) is 12.7. The number of rotatable bonds is 14. The highest BCUT2D eigenvalue weighted by Crippen LogP contribution is 2.29. The molecule has 0 saturated heterocycles. The molecule has 180 valence electrons. The second kappa shape index (κ2) is 14.4. The third kappa shape index (κ3) is 7.67. The fourth-order valence-electron chi connectivity index (χ4n) is 3.61. The summed E-state index contributed by atoms with van der Waals surface area (Å²) in [7, 11) is 0. The quantitative estimate of drug-likeness (QED) is 0.198. The fraction of sp³-hybridized carbons (Fsp3) is 0.583. The van der Waals surface area contributed by atoms with E-state index in [1.807, 2.05) is 51.6 Å². The zero-order valence-electron chi connectivity index (χ0n) is 20.1. The maximum absolute atomic E-state index is 9.31. The lowest BCUT2D eigenvalue weighted by Crippen LogP contribution is -2.17. The van der Waals surface area contributed by atoms with Crippen molar-refractivity contribution >= 4 is 23.2 Å². The molecular formula is C24H34N4O4S. The molecule has 0 N–H and O–H groups in total. The first-order valence-electron chi connectivity index (χ1n) is 11.5. The van der Waals surface area contributed by atoms with Crippen LogP contribution in [0.15, 0.2) is 46.3 Å². The Kier molecular flexibility index (Phi) is 11.6. The van der Waals surface area contributed by atoms with Crippen LogP contribution in [-0.2, 0) is 18.9 Å². The Balaban J connectivity index is 2.01. The van der Waals surface area contributed by atoms with Crippen molar-refractivity contribution in [1.29, 1.82) is 0 Å². The molecule has 0 saturated carbocycles. The molecule has 0 fully saturated rings. The van der Waals surface area contributed by atoms with E-state index in [0.717, 1.165) is 47.0 Å². The van der Waals surface area contributed by atoms with E-state index in [-0.39, 0.29) is 0 Å². The summed E-state index contributed by atoms with van der Waals surface area (Å²) in [5.41, 5.74) is 21.8. The maximum atomic E-state index is 9.31. The Bertz CT molecular complexity index is 849. The van der Waals surface area contributed by atoms with Crippen molar-refractivity contribution in [3.63, 3.8) is 0 Å². The summed E-state index contributed by atoms with van der Waals surface area (Å²) in [6.45, 7) is 9.84. The van der Waals surface area contributed by atoms with Gasteiger partial charge >= 0.3 is 11.4 Å². The molecule has 2 rings (SSSR count). The third-order valence-electron chi connectivity index (χ3n) is 5.06. The molecule has 0 aromatic rings. The van der Waals surface area contributed by atoms with Crippen molar-refractivity contribution in [3.05, 3.63) is 57.4 Å². The van der Waals surface area contributed by atoms with Crippen molar-refractivity contribution in [2.45, 2.75) is 53.4 Å². The minimum Gasteiger partial charge on any atom is -0.497 e. The van der Waals surface area contributed by atoms with E-state index in [1.54, 1.807) is 0 Å². The smallest absolute Gasteiger partial charge is 0.340 e. The molecule has 2 aliphatic rings. The molecule has 9 heteroatoms. The molecule has 0 radical (unpaired) electrons. The van der Waals surface area contributed by atoms with E-state index in [9.17, 15) is 11.1 Å². The van der Waals surface area contributed by atoms with Crippen LogP contribution in [0.2, 0.25) is 0 Å². The van der Waals surface area contributed by atoms with Crippen molar-refractivity contribution < 1.29 is 28.5 Å². The van der Waals surface area contributed by atoms with Crippen LogP contribution < -0.4 is 0 Å². The molecule has 0 bridgehead atoms. The summed E-state index contributed by atoms with van der Waals surface area (Å²) in [4.78, 5) is 6.75. The maximum Gasteiger partial charge on any atom is 0.340 e. The average molecular weight is 475 g/mol. The van der Waals surface area contributed by atoms with Gasteiger partial charge in [-0.25, -0.2) is 0 Å². The van der Waals surface area contributed by atoms with Crippen LogP contribution in [0.25, 0.3) is 11.1 Å². The number of allylic oxidation sites excluding steroid dienone is 8. The highest BCUT2D eigenvalue weighted by Gasteiger charge is 2.28. The number of hydrogen-bond acceptors (Lipinski definition) is 5. The minimum atomic E-state index is 0.431. The molecule has 0 atom stereocenters. The van der Waals surface area contributed by atoms with Gasteiger partial charge in [-0.05, 0) is 75.3 Å². The Morgan fingerprint density at radius 3 is 1.42 bits per heavy atom. The summed E-state index contributed by atoms with van der Waals surface area (Å²) in [5, 5.41) is 0. The summed E-state index contributed by atoms with van der Waals surface area (Å²) in [6.07, 6.45) is 6.37. The SMILES string of the molecule is CCOC1=CC(CCSCCC2=C(OCC)CC(=[N+]=[N-])C(OCC)=C2)=C(OCC)CC1=[N+]=[N-]. The second-order valence-electron chi connectivity index (χ2n) is 7.21. The van der Waals surface area contributed by atoms with Crippen LogP contribution in [0, 0.1) is 0 Å². The predicted octanol–water partition coefficient (Wildman–Crippen LogP) is 5.07. The van der Waals surface area contributed by atoms with E-state index >= 15 is 0 Å². The largest absolute Gasteiger partial charge is 0.497 e. The summed E-state index contributed by atoms with van der Waals surface area (Å²) in [6, 6.07) is 0. The first kappa shape index (κ1) is 26.5. The Labute approximate surface area is 200 Å². The monoisotopic (exact) mass is 474 g/mol. The molecule has 0 aromatic heterocycles. The highest BCUT2D eigenvalue weighted by molar-refractivity contribution is 7.99. The zero-order chi connectivity index (χ0) is 24.1. The number of thioether (sulfide) groups is 1. The highest BCUT2D eigenvalue weighted by atomic mass is 32.2. The topological polar surface area (TPSA) is 110 Å². The average Bonchev–Trinajstić information content (AvgIpc) is 2.82. The van der Waals surface area contributed by atoms with E-state index in [2.05, 4.69) is 9.58 Å². The van der Waals surface area contributed by atoms with Gasteiger partial charge in [0.05, 0.1) is 26.4 Å². The Morgan fingerprint density at radius 1 is 0.697 bits per heavy atom. The fourth-order valence-corrected chi connectivity index (χ4v) is 4.54. The summed E-state index contributed by atoms with van der Waals surface area (Å²) < 4.78 is 22.9. The van der Waals surface area contributed by atoms with Gasteiger partial charge in [-0.2, -0.15) is 21.3 Å². The van der Waals surface area contributed by atoms with Gasteiger partial charge in [-0.1, -0.05) is 0 Å². The number of ether oxygens (including phenoxy) is 4. The van der Waals surface area contributed by atoms with Crippen molar-refractivity contribution in [3.8, 4) is 0 Å². The van der Waals surface area contributed by atoms with Gasteiger partial charge in [0.15, 0.2) is 0 Å². The van der Waals surface area contributed by atoms with E-state index in [4.69, 9.17) is 18.9 Å². The molecule has 2 aliphatic carbocycles. The predicted molar refractivity (Wildman–Crippen MR) is 130 cm³/mol. The molecule has 33 heavy (non-hydrogen) atoms. The lowest BCUT2D eigenvalue weighted by atomic mass is 9.99. The van der Waals surface area contributed by atoms with Gasteiger partial charge in [0.25, 0.3) is 0 Å². The Hall–Kier alpha value is -2.73. The van der Waals surface area contributed by atoms with Crippen LogP contribution >= 0.6 is 11.8 Å². The molecule has 0 spiro atoms. The molecule has 0 unspecified atom stereocenters. The summed E-state index contributed by atoms with van der Waals surface area (Å²) >= 11 is 1.84. The van der Waals surface area contributed by atoms with Crippen molar-refractivity contribution in [2.24, 2.45) is 0 Å². The van der Waals surface area contributed by atoms with Gasteiger partial charge in [0.2, 0.25) is 11.5 Å². The third-order valence-corrected chi connectivity index (χ3v) is 6.05. The van der Waals surface area contributed by atoms with Crippen LogP contribution in [0.1, 0.15) is 53.4 Å². The van der Waals surface area contributed by atoms with Gasteiger partial charge in [-0.3, -0.25) is 0 Å². The van der Waals surface area contributed by atoms with E-state index < -0.39 is 0 Å². The zero-order valence-corrected chi connectivity index (χ0v) is 20.9. The Morgan fingerprint density at radius 2 is 1.09 bits per heavy atom. The van der Waals surface area contributed by atoms with E-state index in [0.29, 0.717) is 62.2 Å². The number of nitrogens with zero attached hydrogens (tertiary/aromatic N) is 4. The van der Waals surface area contributed by atoms with Crippen molar-refractivity contribution in [1.82, 2.24) is 0 Å². The van der Waals surface area contributed by atoms with Gasteiger partial charge in [0.1, 0.15) is 24.4 Å². The molecular weight excluding hydrogens is 440 g/mol. The standard InChI is InChI=1S/C24H34N4O4S/c1-5-29-21-15-19(27-25)23(31-7-3)13-17(21)9-11-33-12-10-18-14-24(32-8-4)20(28-26)16-22(18)30-6-2/h13-14H,5-12,15-16H2,1-4H3. The van der Waals surface area contributed by atoms with Crippen LogP contribution in [0.3, 0.4) is 0 Å². The minimum absolute atomic E-state index is 0.431. The number of hydrogen-bond donors (Lipinski definition) is 0. The lowest BCUT2D eigenvalue weighted by molar-refractivity contribution is -0.0139. The van der Waals surface area contributed by atoms with Crippen LogP contribution in [0.5, 0.6) is 0 Å².